The van der Waals surface area contributed by atoms with Gasteiger partial charge in [-0.2, -0.15) is 5.10 Å². The molecule has 0 spiro atoms. The van der Waals surface area contributed by atoms with Gasteiger partial charge in [0.05, 0.1) is 6.20 Å². The van der Waals surface area contributed by atoms with Crippen LogP contribution in [0.4, 0.5) is 0 Å². The monoisotopic (exact) mass is 152 g/mol. The first kappa shape index (κ1) is 6.85. The lowest BCUT2D eigenvalue weighted by molar-refractivity contribution is 0.212. The number of hydrogen-bond donors (Lipinski definition) is 2. The summed E-state index contributed by atoms with van der Waals surface area (Å²) in [4.78, 5) is 0. The molecule has 0 fully saturated rings. The van der Waals surface area contributed by atoms with Gasteiger partial charge in [0.1, 0.15) is 0 Å². The number of hydrogen-bond acceptors (Lipinski definition) is 2. The average molecular weight is 152 g/mol. The van der Waals surface area contributed by atoms with Crippen LogP contribution < -0.4 is 0 Å². The molecule has 2 N–H and O–H groups in total. The van der Waals surface area contributed by atoms with Crippen molar-refractivity contribution in [2.24, 2.45) is 5.92 Å². The van der Waals surface area contributed by atoms with Gasteiger partial charge in [0, 0.05) is 12.3 Å². The van der Waals surface area contributed by atoms with Gasteiger partial charge >= 0.3 is 0 Å². The second-order valence-corrected chi connectivity index (χ2v) is 3.17. The fraction of sp³-hybridized carbons (Fsp3) is 0.625. The molecule has 0 radical (unpaired) electrons. The Morgan fingerprint density at radius 1 is 1.73 bits per heavy atom. The van der Waals surface area contributed by atoms with Crippen LogP contribution in [0.3, 0.4) is 0 Å². The summed E-state index contributed by atoms with van der Waals surface area (Å²) >= 11 is 0. The summed E-state index contributed by atoms with van der Waals surface area (Å²) in [6.07, 6.45) is 5.02. The number of fused-ring (bicyclic) bond motifs is 1. The van der Waals surface area contributed by atoms with Crippen molar-refractivity contribution in [2.75, 3.05) is 6.61 Å². The molecule has 3 heteroatoms. The van der Waals surface area contributed by atoms with Crippen molar-refractivity contribution in [3.05, 3.63) is 17.5 Å². The van der Waals surface area contributed by atoms with Crippen LogP contribution in [0.5, 0.6) is 0 Å². The molecular weight excluding hydrogens is 140 g/mol. The number of aryl methyl sites for hydroxylation is 1. The number of rotatable bonds is 1. The number of aliphatic hydroxyl groups is 1. The van der Waals surface area contributed by atoms with E-state index in [9.17, 15) is 0 Å². The third-order valence-electron chi connectivity index (χ3n) is 2.38. The van der Waals surface area contributed by atoms with Crippen molar-refractivity contribution in [2.45, 2.75) is 19.3 Å². The maximum Gasteiger partial charge on any atom is 0.0522 e. The van der Waals surface area contributed by atoms with Gasteiger partial charge in [0.25, 0.3) is 0 Å². The lowest BCUT2D eigenvalue weighted by atomic mass is 9.89. The highest BCUT2D eigenvalue weighted by Gasteiger charge is 2.18. The molecule has 0 aliphatic heterocycles. The molecule has 3 nitrogen and oxygen atoms in total. The average Bonchev–Trinajstić information content (AvgIpc) is 2.50. The van der Waals surface area contributed by atoms with E-state index in [4.69, 9.17) is 5.11 Å². The molecule has 1 aliphatic rings. The highest BCUT2D eigenvalue weighted by molar-refractivity contribution is 5.19. The minimum atomic E-state index is 0.304. The predicted molar refractivity (Wildman–Crippen MR) is 41.2 cm³/mol. The van der Waals surface area contributed by atoms with E-state index < -0.39 is 0 Å². The van der Waals surface area contributed by atoms with E-state index in [2.05, 4.69) is 10.2 Å². The molecule has 0 saturated carbocycles. The maximum atomic E-state index is 8.92. The van der Waals surface area contributed by atoms with Crippen LogP contribution in [-0.2, 0) is 12.8 Å². The van der Waals surface area contributed by atoms with Gasteiger partial charge in [0.15, 0.2) is 0 Å². The van der Waals surface area contributed by atoms with E-state index in [1.54, 1.807) is 0 Å². The highest BCUT2D eigenvalue weighted by Crippen LogP contribution is 2.22. The largest absolute Gasteiger partial charge is 0.396 e. The van der Waals surface area contributed by atoms with Gasteiger partial charge in [-0.3, -0.25) is 5.10 Å². The van der Waals surface area contributed by atoms with Crippen LogP contribution in [0.15, 0.2) is 6.20 Å². The van der Waals surface area contributed by atoms with Crippen LogP contribution in [0.1, 0.15) is 17.7 Å². The van der Waals surface area contributed by atoms with Crippen LogP contribution >= 0.6 is 0 Å². The lowest BCUT2D eigenvalue weighted by Gasteiger charge is -2.18. The summed E-state index contributed by atoms with van der Waals surface area (Å²) in [6, 6.07) is 0. The van der Waals surface area contributed by atoms with Crippen LogP contribution in [-0.4, -0.2) is 21.9 Å². The Morgan fingerprint density at radius 2 is 2.64 bits per heavy atom. The summed E-state index contributed by atoms with van der Waals surface area (Å²) in [5.74, 6) is 0.447. The normalized spacial score (nSPS) is 23.2. The predicted octanol–water partition coefficient (Wildman–Crippen LogP) is 0.507. The highest BCUT2D eigenvalue weighted by atomic mass is 16.3. The first-order valence-corrected chi connectivity index (χ1v) is 4.02. The molecule has 1 atom stereocenters. The van der Waals surface area contributed by atoms with Crippen LogP contribution in [0, 0.1) is 5.92 Å². The Balaban J connectivity index is 2.18. The number of aliphatic hydroxyl groups excluding tert-OH is 1. The minimum Gasteiger partial charge on any atom is -0.396 e. The minimum absolute atomic E-state index is 0.304. The van der Waals surface area contributed by atoms with Crippen LogP contribution in [0.2, 0.25) is 0 Å². The van der Waals surface area contributed by atoms with E-state index in [0.29, 0.717) is 12.5 Å². The first-order valence-electron chi connectivity index (χ1n) is 4.02. The second-order valence-electron chi connectivity index (χ2n) is 3.17. The molecule has 1 aromatic rings. The van der Waals surface area contributed by atoms with E-state index in [0.717, 1.165) is 19.3 Å². The Kier molecular flexibility index (Phi) is 1.66. The first-order chi connectivity index (χ1) is 5.40. The van der Waals surface area contributed by atoms with Gasteiger partial charge in [-0.25, -0.2) is 0 Å². The second kappa shape index (κ2) is 2.66. The van der Waals surface area contributed by atoms with Gasteiger partial charge in [-0.15, -0.1) is 0 Å². The summed E-state index contributed by atoms with van der Waals surface area (Å²) in [5.41, 5.74) is 2.55. The smallest absolute Gasteiger partial charge is 0.0522 e. The van der Waals surface area contributed by atoms with E-state index in [1.807, 2.05) is 6.20 Å². The van der Waals surface area contributed by atoms with Crippen molar-refractivity contribution < 1.29 is 5.11 Å². The lowest BCUT2D eigenvalue weighted by Crippen LogP contribution is -2.16. The number of aromatic nitrogens is 2. The Hall–Kier alpha value is -0.830. The van der Waals surface area contributed by atoms with E-state index in [-0.39, 0.29) is 0 Å². The Labute approximate surface area is 65.4 Å². The molecule has 11 heavy (non-hydrogen) atoms. The molecule has 0 bridgehead atoms. The third kappa shape index (κ3) is 1.16. The number of nitrogens with one attached hydrogen (secondary N) is 1. The van der Waals surface area contributed by atoms with Gasteiger partial charge in [0.2, 0.25) is 0 Å². The fourth-order valence-electron chi connectivity index (χ4n) is 1.64. The van der Waals surface area contributed by atoms with Gasteiger partial charge in [-0.05, 0) is 30.7 Å². The van der Waals surface area contributed by atoms with E-state index >= 15 is 0 Å². The van der Waals surface area contributed by atoms with Crippen molar-refractivity contribution in [3.8, 4) is 0 Å². The summed E-state index contributed by atoms with van der Waals surface area (Å²) in [6.45, 7) is 0.304. The van der Waals surface area contributed by atoms with Crippen LogP contribution in [0.25, 0.3) is 0 Å². The third-order valence-corrected chi connectivity index (χ3v) is 2.38. The topological polar surface area (TPSA) is 48.9 Å². The molecule has 0 amide bonds. The number of nitrogens with zero attached hydrogens (tertiary/aromatic N) is 1. The standard InChI is InChI=1S/C8H12N2O/c11-5-6-1-2-7-4-9-10-8(7)3-6/h4,6,11H,1-3,5H2,(H,9,10)/t6-/m1/s1. The zero-order valence-electron chi connectivity index (χ0n) is 6.38. The molecule has 60 valence electrons. The Bertz CT molecular complexity index is 244. The molecule has 1 aliphatic carbocycles. The molecule has 2 rings (SSSR count). The summed E-state index contributed by atoms with van der Waals surface area (Å²) in [5, 5.41) is 15.8. The van der Waals surface area contributed by atoms with Crippen molar-refractivity contribution in [3.63, 3.8) is 0 Å². The zero-order valence-corrected chi connectivity index (χ0v) is 6.38. The van der Waals surface area contributed by atoms with Crippen molar-refractivity contribution in [1.82, 2.24) is 10.2 Å². The van der Waals surface area contributed by atoms with E-state index in [1.165, 1.54) is 11.3 Å². The number of aromatic amines is 1. The van der Waals surface area contributed by atoms with Gasteiger partial charge in [-0.1, -0.05) is 0 Å². The molecule has 0 aromatic carbocycles. The molecule has 1 heterocycles. The Morgan fingerprint density at radius 3 is 3.45 bits per heavy atom. The zero-order chi connectivity index (χ0) is 7.68. The molecule has 0 saturated heterocycles. The van der Waals surface area contributed by atoms with Crippen molar-refractivity contribution in [1.29, 1.82) is 0 Å². The fourth-order valence-corrected chi connectivity index (χ4v) is 1.64. The quantitative estimate of drug-likeness (QED) is 0.616. The SMILES string of the molecule is OC[C@@H]1CCc2cn[nH]c2C1. The molecule has 0 unspecified atom stereocenters. The van der Waals surface area contributed by atoms with Gasteiger partial charge < -0.3 is 5.11 Å². The van der Waals surface area contributed by atoms with Crippen molar-refractivity contribution >= 4 is 0 Å². The molecule has 1 aromatic heterocycles. The number of H-pyrrole nitrogens is 1. The summed E-state index contributed by atoms with van der Waals surface area (Å²) < 4.78 is 0. The molecular formula is C8H12N2O. The summed E-state index contributed by atoms with van der Waals surface area (Å²) in [7, 11) is 0. The maximum absolute atomic E-state index is 8.92.